The summed E-state index contributed by atoms with van der Waals surface area (Å²) in [6, 6.07) is 14.9. The summed E-state index contributed by atoms with van der Waals surface area (Å²) < 4.78 is 34.1. The molecule has 0 saturated carbocycles. The molecular formula is C35H41F2N7O2. The molecule has 2 saturated heterocycles. The average molecular weight is 630 g/mol. The van der Waals surface area contributed by atoms with Crippen molar-refractivity contribution in [1.29, 1.82) is 5.26 Å². The number of nitriles is 1. The van der Waals surface area contributed by atoms with E-state index in [0.29, 0.717) is 45.7 Å². The zero-order chi connectivity index (χ0) is 32.3. The number of aryl methyl sites for hydroxylation is 1. The van der Waals surface area contributed by atoms with Gasteiger partial charge >= 0.3 is 6.01 Å². The van der Waals surface area contributed by atoms with E-state index in [1.54, 1.807) is 9.80 Å². The quantitative estimate of drug-likeness (QED) is 0.318. The first-order chi connectivity index (χ1) is 22.3. The van der Waals surface area contributed by atoms with Gasteiger partial charge in [-0.15, -0.1) is 0 Å². The molecule has 242 valence electrons. The second-order valence-corrected chi connectivity index (χ2v) is 12.5. The maximum atomic E-state index is 14.0. The van der Waals surface area contributed by atoms with Crippen molar-refractivity contribution >= 4 is 28.2 Å². The van der Waals surface area contributed by atoms with Crippen molar-refractivity contribution in [1.82, 2.24) is 19.8 Å². The molecule has 6 rings (SSSR count). The Morgan fingerprint density at radius 3 is 2.74 bits per heavy atom. The van der Waals surface area contributed by atoms with Crippen molar-refractivity contribution in [2.75, 3.05) is 62.2 Å². The summed E-state index contributed by atoms with van der Waals surface area (Å²) in [6.45, 7) is 9.50. The van der Waals surface area contributed by atoms with Gasteiger partial charge in [-0.25, -0.2) is 8.78 Å². The molecule has 1 atom stereocenters. The lowest BCUT2D eigenvalue weighted by Gasteiger charge is -2.41. The molecular weight excluding hydrogens is 588 g/mol. The number of aromatic nitrogens is 2. The zero-order valence-corrected chi connectivity index (χ0v) is 26.4. The van der Waals surface area contributed by atoms with Crippen LogP contribution in [-0.4, -0.2) is 90.1 Å². The Hall–Kier alpha value is -4.30. The van der Waals surface area contributed by atoms with Crippen molar-refractivity contribution in [2.45, 2.75) is 57.5 Å². The highest BCUT2D eigenvalue weighted by Gasteiger charge is 2.35. The highest BCUT2D eigenvalue weighted by Crippen LogP contribution is 2.35. The standard InChI is InChI=1S/C35H41F2N7O2/c1-3-31(45)44-19-18-43(22-27(44)13-15-38)33-28-11-6-17-42(30-12-5-10-26-9-4-8-25(2)32(26)30)23-29(28)39-34(40-33)46-21-20-41-16-7-14-35(36,37)24-41/h3-5,8-10,12,27H,1,6-7,11,13-14,16-24H2,2H3. The summed E-state index contributed by atoms with van der Waals surface area (Å²) in [5, 5.41) is 12.0. The molecule has 4 heterocycles. The number of anilines is 2. The predicted molar refractivity (Wildman–Crippen MR) is 174 cm³/mol. The smallest absolute Gasteiger partial charge is 0.318 e. The Labute approximate surface area is 269 Å². The van der Waals surface area contributed by atoms with E-state index in [1.807, 2.05) is 0 Å². The molecule has 0 N–H and O–H groups in total. The number of hydrogen-bond acceptors (Lipinski definition) is 8. The number of fused-ring (bicyclic) bond motifs is 2. The predicted octanol–water partition coefficient (Wildman–Crippen LogP) is 5.12. The minimum Gasteiger partial charge on any atom is -0.462 e. The number of carbonyl (C=O) groups is 1. The van der Waals surface area contributed by atoms with Crippen molar-refractivity contribution in [3.8, 4) is 12.1 Å². The van der Waals surface area contributed by atoms with Crippen molar-refractivity contribution in [3.63, 3.8) is 0 Å². The Bertz CT molecular complexity index is 1640. The summed E-state index contributed by atoms with van der Waals surface area (Å²) in [5.41, 5.74) is 4.28. The highest BCUT2D eigenvalue weighted by atomic mass is 19.3. The summed E-state index contributed by atoms with van der Waals surface area (Å²) in [7, 11) is 0. The number of carbonyl (C=O) groups excluding carboxylic acids is 1. The van der Waals surface area contributed by atoms with Crippen LogP contribution in [0.2, 0.25) is 0 Å². The molecule has 0 bridgehead atoms. The van der Waals surface area contributed by atoms with Crippen LogP contribution < -0.4 is 14.5 Å². The Balaban J connectivity index is 1.32. The lowest BCUT2D eigenvalue weighted by atomic mass is 10.0. The number of halogens is 2. The topological polar surface area (TPSA) is 88.8 Å². The fourth-order valence-electron chi connectivity index (χ4n) is 7.13. The van der Waals surface area contributed by atoms with Gasteiger partial charge in [-0.2, -0.15) is 15.2 Å². The number of likely N-dealkylation sites (tertiary alicyclic amines) is 1. The molecule has 1 unspecified atom stereocenters. The summed E-state index contributed by atoms with van der Waals surface area (Å²) in [6.07, 6.45) is 3.53. The van der Waals surface area contributed by atoms with E-state index in [-0.39, 0.29) is 44.0 Å². The molecule has 3 aliphatic rings. The molecule has 3 aliphatic heterocycles. The van der Waals surface area contributed by atoms with Gasteiger partial charge in [-0.05, 0) is 55.8 Å². The molecule has 1 amide bonds. The Kier molecular flexibility index (Phi) is 9.36. The Morgan fingerprint density at radius 2 is 1.96 bits per heavy atom. The van der Waals surface area contributed by atoms with Crippen LogP contribution in [-0.2, 0) is 17.8 Å². The van der Waals surface area contributed by atoms with Crippen molar-refractivity contribution in [3.05, 3.63) is 65.9 Å². The molecule has 1 aromatic heterocycles. The first kappa shape index (κ1) is 31.7. The van der Waals surface area contributed by atoms with Crippen LogP contribution in [0.5, 0.6) is 6.01 Å². The molecule has 3 aromatic rings. The van der Waals surface area contributed by atoms with Gasteiger partial charge < -0.3 is 19.4 Å². The highest BCUT2D eigenvalue weighted by molar-refractivity contribution is 5.97. The number of rotatable bonds is 8. The number of ether oxygens (including phenoxy) is 1. The van der Waals surface area contributed by atoms with Gasteiger partial charge in [-0.3, -0.25) is 9.69 Å². The van der Waals surface area contributed by atoms with Gasteiger partial charge in [-0.1, -0.05) is 36.9 Å². The van der Waals surface area contributed by atoms with Crippen LogP contribution in [0.25, 0.3) is 10.8 Å². The van der Waals surface area contributed by atoms with Gasteiger partial charge in [0.05, 0.1) is 37.3 Å². The molecule has 0 aliphatic carbocycles. The van der Waals surface area contributed by atoms with E-state index < -0.39 is 5.92 Å². The fourth-order valence-corrected chi connectivity index (χ4v) is 7.13. The molecule has 46 heavy (non-hydrogen) atoms. The molecule has 0 radical (unpaired) electrons. The van der Waals surface area contributed by atoms with Gasteiger partial charge in [0.1, 0.15) is 12.4 Å². The summed E-state index contributed by atoms with van der Waals surface area (Å²) >= 11 is 0. The lowest BCUT2D eigenvalue weighted by molar-refractivity contribution is -0.128. The van der Waals surface area contributed by atoms with E-state index in [2.05, 4.69) is 65.8 Å². The number of benzene rings is 2. The second-order valence-electron chi connectivity index (χ2n) is 12.5. The normalized spacial score (nSPS) is 20.1. The average Bonchev–Trinajstić information content (AvgIpc) is 3.26. The molecule has 2 fully saturated rings. The van der Waals surface area contributed by atoms with Crippen LogP contribution in [0.3, 0.4) is 0 Å². The molecule has 0 spiro atoms. The number of hydrogen-bond donors (Lipinski definition) is 0. The van der Waals surface area contributed by atoms with Crippen molar-refractivity contribution in [2.24, 2.45) is 0 Å². The minimum atomic E-state index is -2.68. The third-order valence-electron chi connectivity index (χ3n) is 9.35. The lowest BCUT2D eigenvalue weighted by Crippen LogP contribution is -2.55. The Morgan fingerprint density at radius 1 is 1.13 bits per heavy atom. The molecule has 2 aromatic carbocycles. The van der Waals surface area contributed by atoms with Gasteiger partial charge in [0.15, 0.2) is 0 Å². The third kappa shape index (κ3) is 6.77. The van der Waals surface area contributed by atoms with Crippen LogP contribution in [0.1, 0.15) is 42.5 Å². The largest absolute Gasteiger partial charge is 0.462 e. The minimum absolute atomic E-state index is 0.0766. The second kappa shape index (κ2) is 13.6. The third-order valence-corrected chi connectivity index (χ3v) is 9.35. The number of piperazine rings is 1. The van der Waals surface area contributed by atoms with Crippen LogP contribution in [0.15, 0.2) is 49.1 Å². The first-order valence-corrected chi connectivity index (χ1v) is 16.2. The SMILES string of the molecule is C=CC(=O)N1CCN(c2nc(OCCN3CCCC(F)(F)C3)nc3c2CCCN(c2cccc4cccc(C)c24)C3)CC1CC#N. The van der Waals surface area contributed by atoms with Crippen LogP contribution in [0.4, 0.5) is 20.3 Å². The van der Waals surface area contributed by atoms with Gasteiger partial charge in [0.2, 0.25) is 5.91 Å². The van der Waals surface area contributed by atoms with E-state index in [1.165, 1.54) is 22.4 Å². The van der Waals surface area contributed by atoms with E-state index in [4.69, 9.17) is 14.7 Å². The van der Waals surface area contributed by atoms with Crippen LogP contribution in [0, 0.1) is 18.3 Å². The zero-order valence-electron chi connectivity index (χ0n) is 26.4. The van der Waals surface area contributed by atoms with E-state index in [9.17, 15) is 18.8 Å². The van der Waals surface area contributed by atoms with Gasteiger partial charge in [0.25, 0.3) is 5.92 Å². The number of nitrogens with zero attached hydrogens (tertiary/aromatic N) is 7. The van der Waals surface area contributed by atoms with Crippen molar-refractivity contribution < 1.29 is 18.3 Å². The number of alkyl halides is 2. The number of amides is 1. The summed E-state index contributed by atoms with van der Waals surface area (Å²) in [4.78, 5) is 30.4. The van der Waals surface area contributed by atoms with E-state index >= 15 is 0 Å². The maximum absolute atomic E-state index is 14.0. The first-order valence-electron chi connectivity index (χ1n) is 16.2. The van der Waals surface area contributed by atoms with Crippen LogP contribution >= 0.6 is 0 Å². The number of piperidine rings is 1. The molecule has 9 nitrogen and oxygen atoms in total. The molecule has 11 heteroatoms. The van der Waals surface area contributed by atoms with E-state index in [0.717, 1.165) is 42.1 Å². The van der Waals surface area contributed by atoms with Gasteiger partial charge in [0, 0.05) is 55.8 Å². The summed E-state index contributed by atoms with van der Waals surface area (Å²) in [5.74, 6) is -2.10. The monoisotopic (exact) mass is 629 g/mol. The fraction of sp³-hybridized carbons (Fsp3) is 0.486. The maximum Gasteiger partial charge on any atom is 0.318 e.